The molecule has 0 N–H and O–H groups in total. The van der Waals surface area contributed by atoms with E-state index in [1.165, 1.54) is 24.6 Å². The van der Waals surface area contributed by atoms with Crippen LogP contribution in [0.2, 0.25) is 0 Å². The number of carbonyl (C=O) groups is 1. The van der Waals surface area contributed by atoms with Crippen LogP contribution in [0.3, 0.4) is 0 Å². The second-order valence-corrected chi connectivity index (χ2v) is 9.87. The van der Waals surface area contributed by atoms with Gasteiger partial charge >= 0.3 is 0 Å². The van der Waals surface area contributed by atoms with Gasteiger partial charge in [0, 0.05) is 48.3 Å². The zero-order chi connectivity index (χ0) is 22.1. The summed E-state index contributed by atoms with van der Waals surface area (Å²) in [6, 6.07) is 10.6. The summed E-state index contributed by atoms with van der Waals surface area (Å²) >= 11 is 1.49. The minimum atomic E-state index is 0.0839. The summed E-state index contributed by atoms with van der Waals surface area (Å²) in [5.41, 5.74) is 1.72. The van der Waals surface area contributed by atoms with Gasteiger partial charge in [0.25, 0.3) is 0 Å². The Kier molecular flexibility index (Phi) is 5.92. The second kappa shape index (κ2) is 8.99. The van der Waals surface area contributed by atoms with E-state index >= 15 is 0 Å². The number of aryl methyl sites for hydroxylation is 1. The predicted octanol–water partition coefficient (Wildman–Crippen LogP) is 4.69. The first kappa shape index (κ1) is 21.1. The van der Waals surface area contributed by atoms with Gasteiger partial charge in [-0.3, -0.25) is 9.36 Å². The normalized spacial score (nSPS) is 17.1. The second-order valence-electron chi connectivity index (χ2n) is 8.93. The van der Waals surface area contributed by atoms with E-state index in [0.717, 1.165) is 53.9 Å². The lowest BCUT2D eigenvalue weighted by atomic mass is 10.00. The van der Waals surface area contributed by atoms with Gasteiger partial charge in [0.1, 0.15) is 0 Å². The molecular formula is C24H28N6OS. The predicted molar refractivity (Wildman–Crippen MR) is 126 cm³/mol. The van der Waals surface area contributed by atoms with Gasteiger partial charge < -0.3 is 9.47 Å². The van der Waals surface area contributed by atoms with Crippen molar-refractivity contribution < 1.29 is 4.79 Å². The lowest BCUT2D eigenvalue weighted by molar-refractivity contribution is 0.102. The minimum Gasteiger partial charge on any atom is -0.346 e. The number of nitrogens with zero attached hydrogens (tertiary/aromatic N) is 6. The van der Waals surface area contributed by atoms with Crippen LogP contribution in [0.5, 0.6) is 0 Å². The molecule has 1 aliphatic heterocycles. The average molecular weight is 449 g/mol. The number of anilines is 1. The fourth-order valence-corrected chi connectivity index (χ4v) is 5.36. The molecule has 0 amide bonds. The van der Waals surface area contributed by atoms with Crippen LogP contribution >= 0.6 is 11.8 Å². The zero-order valence-corrected chi connectivity index (χ0v) is 19.2. The highest BCUT2D eigenvalue weighted by Crippen LogP contribution is 2.41. The van der Waals surface area contributed by atoms with Gasteiger partial charge in [-0.05, 0) is 37.7 Å². The molecule has 2 fully saturated rings. The number of ketones is 1. The molecule has 0 radical (unpaired) electrons. The Morgan fingerprint density at radius 3 is 2.72 bits per heavy atom. The Bertz CT molecular complexity index is 1160. The molecule has 0 atom stereocenters. The third-order valence-corrected chi connectivity index (χ3v) is 7.45. The van der Waals surface area contributed by atoms with E-state index < -0.39 is 0 Å². The largest absolute Gasteiger partial charge is 0.346 e. The number of thioether (sulfide) groups is 1. The molecule has 1 aliphatic carbocycles. The van der Waals surface area contributed by atoms with Crippen molar-refractivity contribution in [2.75, 3.05) is 23.7 Å². The molecule has 166 valence electrons. The highest BCUT2D eigenvalue weighted by molar-refractivity contribution is 7.99. The van der Waals surface area contributed by atoms with Crippen molar-refractivity contribution in [1.82, 2.24) is 19.3 Å². The van der Waals surface area contributed by atoms with Crippen molar-refractivity contribution >= 4 is 34.4 Å². The van der Waals surface area contributed by atoms with E-state index in [-0.39, 0.29) is 5.78 Å². The first-order chi connectivity index (χ1) is 15.7. The fraction of sp³-hybridized carbons (Fsp3) is 0.500. The Balaban J connectivity index is 1.34. The summed E-state index contributed by atoms with van der Waals surface area (Å²) in [5.74, 6) is 2.15. The van der Waals surface area contributed by atoms with Crippen LogP contribution in [-0.4, -0.2) is 44.0 Å². The van der Waals surface area contributed by atoms with Crippen LogP contribution in [0.4, 0.5) is 5.95 Å². The van der Waals surface area contributed by atoms with Gasteiger partial charge in [-0.15, -0.1) is 10.2 Å². The molecule has 3 heterocycles. The lowest BCUT2D eigenvalue weighted by Crippen LogP contribution is -2.34. The Hall–Kier alpha value is -2.79. The number of hydrogen-bond acceptors (Lipinski definition) is 6. The number of carbonyl (C=O) groups excluding carboxylic acids is 1. The van der Waals surface area contributed by atoms with Crippen molar-refractivity contribution in [1.29, 1.82) is 5.26 Å². The molecule has 1 saturated carbocycles. The van der Waals surface area contributed by atoms with Gasteiger partial charge in [0.2, 0.25) is 5.95 Å². The van der Waals surface area contributed by atoms with Crippen molar-refractivity contribution in [2.24, 2.45) is 5.92 Å². The molecule has 3 aromatic rings. The molecule has 1 aromatic carbocycles. The molecule has 0 unspecified atom stereocenters. The van der Waals surface area contributed by atoms with E-state index in [4.69, 9.17) is 5.26 Å². The number of nitriles is 1. The number of Topliss-reactive ketones (excluding diaryl/α,β-unsaturated/α-hetero) is 1. The first-order valence-electron chi connectivity index (χ1n) is 11.5. The average Bonchev–Trinajstić information content (AvgIpc) is 3.46. The van der Waals surface area contributed by atoms with Crippen LogP contribution < -0.4 is 4.90 Å². The molecule has 0 bridgehead atoms. The van der Waals surface area contributed by atoms with Gasteiger partial charge in [0.15, 0.2) is 10.9 Å². The SMILES string of the molecule is CC1CCN(c2nnc(SCC(=O)c3cn(CCC#N)c4ccccc34)n2C2CC2)CC1. The highest BCUT2D eigenvalue weighted by Gasteiger charge is 2.32. The highest BCUT2D eigenvalue weighted by atomic mass is 32.2. The van der Waals surface area contributed by atoms with Gasteiger partial charge in [0.05, 0.1) is 18.2 Å². The zero-order valence-electron chi connectivity index (χ0n) is 18.4. The van der Waals surface area contributed by atoms with Crippen LogP contribution in [0.1, 0.15) is 55.4 Å². The number of fused-ring (bicyclic) bond motifs is 1. The molecule has 0 spiro atoms. The van der Waals surface area contributed by atoms with Gasteiger partial charge in [-0.2, -0.15) is 5.26 Å². The topological polar surface area (TPSA) is 79.7 Å². The van der Waals surface area contributed by atoms with Crippen molar-refractivity contribution in [3.8, 4) is 6.07 Å². The van der Waals surface area contributed by atoms with E-state index in [2.05, 4.69) is 32.7 Å². The van der Waals surface area contributed by atoms with Crippen LogP contribution in [0, 0.1) is 17.2 Å². The Morgan fingerprint density at radius 1 is 1.19 bits per heavy atom. The molecule has 32 heavy (non-hydrogen) atoms. The van der Waals surface area contributed by atoms with Crippen LogP contribution in [0.25, 0.3) is 10.9 Å². The number of benzene rings is 1. The summed E-state index contributed by atoms with van der Waals surface area (Å²) in [6.45, 7) is 4.95. The molecule has 8 heteroatoms. The fourth-order valence-electron chi connectivity index (χ4n) is 4.48. The number of para-hydroxylation sites is 1. The summed E-state index contributed by atoms with van der Waals surface area (Å²) < 4.78 is 4.28. The van der Waals surface area contributed by atoms with Crippen molar-refractivity contribution in [2.45, 2.75) is 56.8 Å². The van der Waals surface area contributed by atoms with Gasteiger partial charge in [-0.25, -0.2) is 0 Å². The van der Waals surface area contributed by atoms with Crippen molar-refractivity contribution in [3.63, 3.8) is 0 Å². The molecule has 2 aromatic heterocycles. The minimum absolute atomic E-state index is 0.0839. The lowest BCUT2D eigenvalue weighted by Gasteiger charge is -2.31. The summed E-state index contributed by atoms with van der Waals surface area (Å²) in [4.78, 5) is 15.6. The maximum absolute atomic E-state index is 13.2. The molecule has 2 aliphatic rings. The molecule has 5 rings (SSSR count). The number of aromatic nitrogens is 4. The van der Waals surface area contributed by atoms with Crippen molar-refractivity contribution in [3.05, 3.63) is 36.0 Å². The van der Waals surface area contributed by atoms with E-state index in [1.807, 2.05) is 35.0 Å². The number of hydrogen-bond donors (Lipinski definition) is 0. The standard InChI is InChI=1S/C24H28N6OS/c1-17-9-13-28(14-10-17)23-26-27-24(30(23)18-7-8-18)32-16-22(31)20-15-29(12-4-11-25)21-6-3-2-5-19(20)21/h2-3,5-6,15,17-18H,4,7-10,12-14,16H2,1H3. The van der Waals surface area contributed by atoms with E-state index in [1.54, 1.807) is 0 Å². The first-order valence-corrected chi connectivity index (χ1v) is 12.4. The maximum atomic E-state index is 13.2. The number of piperidine rings is 1. The van der Waals surface area contributed by atoms with Crippen LogP contribution in [0.15, 0.2) is 35.6 Å². The van der Waals surface area contributed by atoms with E-state index in [0.29, 0.717) is 30.3 Å². The quantitative estimate of drug-likeness (QED) is 0.367. The monoisotopic (exact) mass is 448 g/mol. The third kappa shape index (κ3) is 4.14. The smallest absolute Gasteiger partial charge is 0.228 e. The number of rotatable bonds is 8. The Labute approximate surface area is 192 Å². The third-order valence-electron chi connectivity index (χ3n) is 6.51. The van der Waals surface area contributed by atoms with Crippen LogP contribution in [-0.2, 0) is 6.54 Å². The molecule has 1 saturated heterocycles. The van der Waals surface area contributed by atoms with E-state index in [9.17, 15) is 4.79 Å². The van der Waals surface area contributed by atoms with Gasteiger partial charge in [-0.1, -0.05) is 36.9 Å². The Morgan fingerprint density at radius 2 is 1.97 bits per heavy atom. The molecule has 7 nitrogen and oxygen atoms in total. The maximum Gasteiger partial charge on any atom is 0.228 e. The summed E-state index contributed by atoms with van der Waals surface area (Å²) in [5, 5.41) is 19.8. The summed E-state index contributed by atoms with van der Waals surface area (Å²) in [6.07, 6.45) is 7.01. The molecular weight excluding hydrogens is 420 g/mol. The summed E-state index contributed by atoms with van der Waals surface area (Å²) in [7, 11) is 0.